The van der Waals surface area contributed by atoms with E-state index in [4.69, 9.17) is 10.2 Å². The van der Waals surface area contributed by atoms with Gasteiger partial charge in [0.1, 0.15) is 6.73 Å². The van der Waals surface area contributed by atoms with Gasteiger partial charge in [-0.3, -0.25) is 4.79 Å². The third-order valence-electron chi connectivity index (χ3n) is 0.974. The standard InChI is InChI=1S/C6H11NO3/c1-5(2-3-8)6(10)7-4-9/h8-9H,1-4H2,(H,7,10). The fourth-order valence-corrected chi connectivity index (χ4v) is 0.445. The lowest BCUT2D eigenvalue weighted by molar-refractivity contribution is -0.118. The molecular weight excluding hydrogens is 134 g/mol. The highest BCUT2D eigenvalue weighted by molar-refractivity contribution is 5.92. The Labute approximate surface area is 59.2 Å². The SMILES string of the molecule is C=C(CCO)C(=O)NCO. The molecule has 10 heavy (non-hydrogen) atoms. The Kier molecular flexibility index (Phi) is 4.53. The molecule has 4 nitrogen and oxygen atoms in total. The smallest absolute Gasteiger partial charge is 0.248 e. The van der Waals surface area contributed by atoms with Crippen LogP contribution in [0.3, 0.4) is 0 Å². The first-order chi connectivity index (χ1) is 4.72. The van der Waals surface area contributed by atoms with Crippen molar-refractivity contribution in [2.24, 2.45) is 0 Å². The van der Waals surface area contributed by atoms with Crippen LogP contribution in [0.5, 0.6) is 0 Å². The third kappa shape index (κ3) is 3.21. The summed E-state index contributed by atoms with van der Waals surface area (Å²) in [5.41, 5.74) is 0.275. The van der Waals surface area contributed by atoms with Crippen LogP contribution in [-0.4, -0.2) is 29.5 Å². The Balaban J connectivity index is 3.60. The van der Waals surface area contributed by atoms with Crippen LogP contribution < -0.4 is 5.32 Å². The van der Waals surface area contributed by atoms with Gasteiger partial charge in [-0.1, -0.05) is 6.58 Å². The number of amides is 1. The minimum absolute atomic E-state index is 0.0995. The molecule has 0 spiro atoms. The van der Waals surface area contributed by atoms with Crippen molar-refractivity contribution in [3.63, 3.8) is 0 Å². The number of carbonyl (C=O) groups is 1. The van der Waals surface area contributed by atoms with E-state index in [0.29, 0.717) is 0 Å². The van der Waals surface area contributed by atoms with Crippen molar-refractivity contribution in [1.29, 1.82) is 0 Å². The second kappa shape index (κ2) is 4.96. The lowest BCUT2D eigenvalue weighted by Crippen LogP contribution is -2.25. The largest absolute Gasteiger partial charge is 0.396 e. The average molecular weight is 145 g/mol. The summed E-state index contributed by atoms with van der Waals surface area (Å²) in [6, 6.07) is 0. The van der Waals surface area contributed by atoms with E-state index in [1.165, 1.54) is 0 Å². The molecule has 0 radical (unpaired) electrons. The van der Waals surface area contributed by atoms with Gasteiger partial charge in [0.05, 0.1) is 0 Å². The molecular formula is C6H11NO3. The van der Waals surface area contributed by atoms with E-state index < -0.39 is 12.6 Å². The van der Waals surface area contributed by atoms with Crippen LogP contribution >= 0.6 is 0 Å². The highest BCUT2D eigenvalue weighted by Gasteiger charge is 2.02. The van der Waals surface area contributed by atoms with Gasteiger partial charge in [-0.25, -0.2) is 0 Å². The van der Waals surface area contributed by atoms with Crippen molar-refractivity contribution in [3.05, 3.63) is 12.2 Å². The summed E-state index contributed by atoms with van der Waals surface area (Å²) in [6.45, 7) is 2.88. The number of hydrogen-bond acceptors (Lipinski definition) is 3. The molecule has 0 fully saturated rings. The van der Waals surface area contributed by atoms with E-state index in [0.717, 1.165) is 0 Å². The van der Waals surface area contributed by atoms with Crippen molar-refractivity contribution in [2.45, 2.75) is 6.42 Å². The van der Waals surface area contributed by atoms with Crippen LogP contribution in [0.2, 0.25) is 0 Å². The summed E-state index contributed by atoms with van der Waals surface area (Å²) in [5, 5.41) is 18.7. The number of hydrogen-bond donors (Lipinski definition) is 3. The van der Waals surface area contributed by atoms with Crippen LogP contribution in [0.15, 0.2) is 12.2 Å². The summed E-state index contributed by atoms with van der Waals surface area (Å²) in [7, 11) is 0. The third-order valence-corrected chi connectivity index (χ3v) is 0.974. The van der Waals surface area contributed by atoms with Gasteiger partial charge in [0, 0.05) is 18.6 Å². The Hall–Kier alpha value is -0.870. The zero-order valence-electron chi connectivity index (χ0n) is 5.63. The van der Waals surface area contributed by atoms with Crippen LogP contribution in [0.25, 0.3) is 0 Å². The lowest BCUT2D eigenvalue weighted by atomic mass is 10.2. The van der Waals surface area contributed by atoms with Gasteiger partial charge in [0.15, 0.2) is 0 Å². The molecule has 0 aliphatic carbocycles. The van der Waals surface area contributed by atoms with Crippen molar-refractivity contribution < 1.29 is 15.0 Å². The van der Waals surface area contributed by atoms with Crippen molar-refractivity contribution >= 4 is 5.91 Å². The molecule has 0 atom stereocenters. The van der Waals surface area contributed by atoms with E-state index >= 15 is 0 Å². The Morgan fingerprint density at radius 2 is 2.10 bits per heavy atom. The fraction of sp³-hybridized carbons (Fsp3) is 0.500. The summed E-state index contributed by atoms with van der Waals surface area (Å²) >= 11 is 0. The maximum absolute atomic E-state index is 10.7. The molecule has 3 N–H and O–H groups in total. The van der Waals surface area contributed by atoms with Gasteiger partial charge >= 0.3 is 0 Å². The summed E-state index contributed by atoms with van der Waals surface area (Å²) in [4.78, 5) is 10.7. The minimum atomic E-state index is -0.420. The van der Waals surface area contributed by atoms with Crippen LogP contribution in [0.4, 0.5) is 0 Å². The highest BCUT2D eigenvalue weighted by atomic mass is 16.3. The Morgan fingerprint density at radius 3 is 2.50 bits per heavy atom. The number of aliphatic hydroxyl groups excluding tert-OH is 2. The molecule has 0 aliphatic heterocycles. The molecule has 0 saturated carbocycles. The van der Waals surface area contributed by atoms with Gasteiger partial charge < -0.3 is 15.5 Å². The molecule has 0 aromatic rings. The molecule has 0 rings (SSSR count). The lowest BCUT2D eigenvalue weighted by Gasteiger charge is -2.01. The van der Waals surface area contributed by atoms with Gasteiger partial charge in [0.25, 0.3) is 0 Å². The van der Waals surface area contributed by atoms with Crippen LogP contribution in [-0.2, 0) is 4.79 Å². The van der Waals surface area contributed by atoms with E-state index in [2.05, 4.69) is 11.9 Å². The second-order valence-electron chi connectivity index (χ2n) is 1.74. The molecule has 0 saturated heterocycles. The zero-order chi connectivity index (χ0) is 7.98. The Bertz CT molecular complexity index is 117. The number of nitrogens with one attached hydrogen (secondary N) is 1. The Morgan fingerprint density at radius 1 is 1.50 bits per heavy atom. The quantitative estimate of drug-likeness (QED) is 0.350. The van der Waals surface area contributed by atoms with E-state index in [1.54, 1.807) is 0 Å². The fourth-order valence-electron chi connectivity index (χ4n) is 0.445. The predicted octanol–water partition coefficient (Wildman–Crippen LogP) is -1.01. The molecule has 0 bridgehead atoms. The molecule has 1 amide bonds. The highest BCUT2D eigenvalue weighted by Crippen LogP contribution is 1.94. The minimum Gasteiger partial charge on any atom is -0.396 e. The van der Waals surface area contributed by atoms with Crippen LogP contribution in [0, 0.1) is 0 Å². The van der Waals surface area contributed by atoms with Crippen molar-refractivity contribution in [1.82, 2.24) is 5.32 Å². The number of aliphatic hydroxyl groups is 2. The first-order valence-electron chi connectivity index (χ1n) is 2.90. The average Bonchev–Trinajstić information content (AvgIpc) is 1.89. The monoisotopic (exact) mass is 145 g/mol. The first-order valence-corrected chi connectivity index (χ1v) is 2.90. The molecule has 0 unspecified atom stereocenters. The van der Waals surface area contributed by atoms with Gasteiger partial charge in [0.2, 0.25) is 5.91 Å². The van der Waals surface area contributed by atoms with Crippen molar-refractivity contribution in [3.8, 4) is 0 Å². The topological polar surface area (TPSA) is 69.6 Å². The molecule has 58 valence electrons. The number of carbonyl (C=O) groups excluding carboxylic acids is 1. The maximum atomic E-state index is 10.7. The summed E-state index contributed by atoms with van der Waals surface area (Å²) in [5.74, 6) is -0.420. The van der Waals surface area contributed by atoms with Gasteiger partial charge in [-0.15, -0.1) is 0 Å². The normalized spacial score (nSPS) is 9.00. The van der Waals surface area contributed by atoms with E-state index in [9.17, 15) is 4.79 Å². The summed E-state index contributed by atoms with van der Waals surface area (Å²) in [6.07, 6.45) is 0.242. The van der Waals surface area contributed by atoms with Crippen molar-refractivity contribution in [2.75, 3.05) is 13.3 Å². The molecule has 4 heteroatoms. The predicted molar refractivity (Wildman–Crippen MR) is 36.1 cm³/mol. The van der Waals surface area contributed by atoms with E-state index in [-0.39, 0.29) is 18.6 Å². The van der Waals surface area contributed by atoms with Gasteiger partial charge in [-0.2, -0.15) is 0 Å². The summed E-state index contributed by atoms with van der Waals surface area (Å²) < 4.78 is 0. The van der Waals surface area contributed by atoms with Crippen LogP contribution in [0.1, 0.15) is 6.42 Å². The molecule has 0 aliphatic rings. The van der Waals surface area contributed by atoms with E-state index in [1.807, 2.05) is 0 Å². The molecule has 0 heterocycles. The van der Waals surface area contributed by atoms with Gasteiger partial charge in [-0.05, 0) is 0 Å². The molecule has 0 aromatic carbocycles. The number of rotatable bonds is 4. The second-order valence-corrected chi connectivity index (χ2v) is 1.74. The molecule has 0 aromatic heterocycles. The first kappa shape index (κ1) is 9.13. The maximum Gasteiger partial charge on any atom is 0.248 e. The zero-order valence-corrected chi connectivity index (χ0v) is 5.63.